The molecule has 4 heteroatoms. The summed E-state index contributed by atoms with van der Waals surface area (Å²) in [6, 6.07) is 5.48. The van der Waals surface area contributed by atoms with E-state index in [4.69, 9.17) is 9.84 Å². The minimum Gasteiger partial charge on any atom is -0.478 e. The van der Waals surface area contributed by atoms with Crippen LogP contribution in [-0.4, -0.2) is 30.3 Å². The largest absolute Gasteiger partial charge is 0.478 e. The summed E-state index contributed by atoms with van der Waals surface area (Å²) in [4.78, 5) is 11.0. The molecule has 0 unspecified atom stereocenters. The van der Waals surface area contributed by atoms with Crippen molar-refractivity contribution in [3.05, 3.63) is 34.9 Å². The van der Waals surface area contributed by atoms with Crippen molar-refractivity contribution < 1.29 is 14.6 Å². The molecule has 110 valence electrons. The predicted molar refractivity (Wildman–Crippen MR) is 78.1 cm³/mol. The molecule has 0 bridgehead atoms. The predicted octanol–water partition coefficient (Wildman–Crippen LogP) is 2.74. The maximum atomic E-state index is 11.0. The fraction of sp³-hybridized carbons (Fsp3) is 0.562. The third-order valence-corrected chi connectivity index (χ3v) is 4.25. The summed E-state index contributed by atoms with van der Waals surface area (Å²) in [6.45, 7) is 3.43. The smallest absolute Gasteiger partial charge is 0.335 e. The topological polar surface area (TPSA) is 58.6 Å². The molecular formula is C16H23NO3. The van der Waals surface area contributed by atoms with Gasteiger partial charge in [0.05, 0.1) is 11.2 Å². The molecule has 0 heterocycles. The maximum Gasteiger partial charge on any atom is 0.335 e. The molecule has 0 atom stereocenters. The lowest BCUT2D eigenvalue weighted by atomic mass is 10.0. The molecule has 0 amide bonds. The van der Waals surface area contributed by atoms with Crippen LogP contribution in [0.15, 0.2) is 18.2 Å². The Kier molecular flexibility index (Phi) is 4.78. The molecule has 0 saturated heterocycles. The van der Waals surface area contributed by atoms with E-state index in [-0.39, 0.29) is 5.60 Å². The highest BCUT2D eigenvalue weighted by atomic mass is 16.5. The second-order valence-corrected chi connectivity index (χ2v) is 5.65. The van der Waals surface area contributed by atoms with E-state index in [9.17, 15) is 4.79 Å². The van der Waals surface area contributed by atoms with Crippen LogP contribution in [0.1, 0.15) is 47.2 Å². The Hall–Kier alpha value is -1.39. The first kappa shape index (κ1) is 15.0. The van der Waals surface area contributed by atoms with Gasteiger partial charge in [0.1, 0.15) is 0 Å². The zero-order chi connectivity index (χ0) is 14.6. The molecule has 1 aromatic rings. The monoisotopic (exact) mass is 277 g/mol. The summed E-state index contributed by atoms with van der Waals surface area (Å²) in [5.74, 6) is -0.869. The van der Waals surface area contributed by atoms with Crippen molar-refractivity contribution in [3.8, 4) is 0 Å². The Bertz CT molecular complexity index is 479. The van der Waals surface area contributed by atoms with E-state index < -0.39 is 5.97 Å². The van der Waals surface area contributed by atoms with Gasteiger partial charge in [0.25, 0.3) is 0 Å². The van der Waals surface area contributed by atoms with Crippen LogP contribution in [0, 0.1) is 6.92 Å². The Morgan fingerprint density at radius 1 is 1.40 bits per heavy atom. The molecule has 1 fully saturated rings. The Morgan fingerprint density at radius 2 is 2.10 bits per heavy atom. The zero-order valence-corrected chi connectivity index (χ0v) is 12.2. The van der Waals surface area contributed by atoms with Crippen LogP contribution < -0.4 is 5.32 Å². The number of carboxylic acid groups (broad SMARTS) is 1. The molecule has 0 radical (unpaired) electrons. The lowest BCUT2D eigenvalue weighted by Crippen LogP contribution is -2.39. The Balaban J connectivity index is 1.91. The molecule has 0 aliphatic heterocycles. The average molecular weight is 277 g/mol. The molecule has 2 N–H and O–H groups in total. The lowest BCUT2D eigenvalue weighted by Gasteiger charge is -2.27. The van der Waals surface area contributed by atoms with E-state index in [0.29, 0.717) is 5.56 Å². The summed E-state index contributed by atoms with van der Waals surface area (Å²) < 4.78 is 5.67. The number of benzene rings is 1. The van der Waals surface area contributed by atoms with Crippen LogP contribution in [-0.2, 0) is 11.3 Å². The van der Waals surface area contributed by atoms with Gasteiger partial charge in [0.15, 0.2) is 0 Å². The standard InChI is InChI=1S/C16H23NO3/c1-12-9-13(5-6-14(12)15(18)19)10-17-11-16(20-2)7-3-4-8-16/h5-6,9,17H,3-4,7-8,10-11H2,1-2H3,(H,18,19). The first-order valence-corrected chi connectivity index (χ1v) is 7.15. The number of hydrogen-bond donors (Lipinski definition) is 2. The second kappa shape index (κ2) is 6.37. The van der Waals surface area contributed by atoms with Crippen molar-refractivity contribution in [2.45, 2.75) is 44.8 Å². The summed E-state index contributed by atoms with van der Waals surface area (Å²) >= 11 is 0. The fourth-order valence-electron chi connectivity index (χ4n) is 2.98. The zero-order valence-electron chi connectivity index (χ0n) is 12.2. The highest BCUT2D eigenvalue weighted by Crippen LogP contribution is 2.31. The van der Waals surface area contributed by atoms with Gasteiger partial charge < -0.3 is 15.2 Å². The highest BCUT2D eigenvalue weighted by Gasteiger charge is 2.33. The van der Waals surface area contributed by atoms with E-state index in [2.05, 4.69) is 5.32 Å². The molecular weight excluding hydrogens is 254 g/mol. The van der Waals surface area contributed by atoms with E-state index in [1.54, 1.807) is 13.2 Å². The molecule has 1 aliphatic carbocycles. The fourth-order valence-corrected chi connectivity index (χ4v) is 2.98. The Labute approximate surface area is 120 Å². The van der Waals surface area contributed by atoms with E-state index >= 15 is 0 Å². The van der Waals surface area contributed by atoms with Gasteiger partial charge >= 0.3 is 5.97 Å². The number of carbonyl (C=O) groups is 1. The number of ether oxygens (including phenoxy) is 1. The first-order valence-electron chi connectivity index (χ1n) is 7.15. The van der Waals surface area contributed by atoms with Crippen molar-refractivity contribution in [1.82, 2.24) is 5.32 Å². The number of methoxy groups -OCH3 is 1. The average Bonchev–Trinajstić information content (AvgIpc) is 2.88. The third-order valence-electron chi connectivity index (χ3n) is 4.25. The molecule has 1 saturated carbocycles. The quantitative estimate of drug-likeness (QED) is 0.839. The summed E-state index contributed by atoms with van der Waals surface area (Å²) in [7, 11) is 1.79. The number of hydrogen-bond acceptors (Lipinski definition) is 3. The number of rotatable bonds is 6. The van der Waals surface area contributed by atoms with Gasteiger partial charge in [-0.3, -0.25) is 0 Å². The third kappa shape index (κ3) is 3.38. The molecule has 0 spiro atoms. The van der Waals surface area contributed by atoms with Crippen LogP contribution in [0.4, 0.5) is 0 Å². The van der Waals surface area contributed by atoms with Crippen LogP contribution in [0.5, 0.6) is 0 Å². The molecule has 4 nitrogen and oxygen atoms in total. The van der Waals surface area contributed by atoms with E-state index in [0.717, 1.165) is 37.1 Å². The van der Waals surface area contributed by atoms with Gasteiger partial charge in [0, 0.05) is 20.2 Å². The van der Waals surface area contributed by atoms with Crippen molar-refractivity contribution in [1.29, 1.82) is 0 Å². The van der Waals surface area contributed by atoms with E-state index in [1.807, 2.05) is 19.1 Å². The van der Waals surface area contributed by atoms with Crippen LogP contribution >= 0.6 is 0 Å². The number of aryl methyl sites for hydroxylation is 1. The van der Waals surface area contributed by atoms with Gasteiger partial charge in [-0.25, -0.2) is 4.79 Å². The second-order valence-electron chi connectivity index (χ2n) is 5.65. The highest BCUT2D eigenvalue weighted by molar-refractivity contribution is 5.89. The number of nitrogens with one attached hydrogen (secondary N) is 1. The first-order chi connectivity index (χ1) is 9.56. The SMILES string of the molecule is COC1(CNCc2ccc(C(=O)O)c(C)c2)CCCC1. The normalized spacial score (nSPS) is 17.3. The molecule has 1 aliphatic rings. The van der Waals surface area contributed by atoms with Gasteiger partial charge in [-0.1, -0.05) is 25.0 Å². The number of aromatic carboxylic acids is 1. The van der Waals surface area contributed by atoms with Crippen molar-refractivity contribution in [2.24, 2.45) is 0 Å². The van der Waals surface area contributed by atoms with Crippen LogP contribution in [0.2, 0.25) is 0 Å². The van der Waals surface area contributed by atoms with Crippen molar-refractivity contribution >= 4 is 5.97 Å². The van der Waals surface area contributed by atoms with Crippen LogP contribution in [0.25, 0.3) is 0 Å². The van der Waals surface area contributed by atoms with Crippen LogP contribution in [0.3, 0.4) is 0 Å². The van der Waals surface area contributed by atoms with Gasteiger partial charge in [-0.2, -0.15) is 0 Å². The van der Waals surface area contributed by atoms with Gasteiger partial charge in [0.2, 0.25) is 0 Å². The van der Waals surface area contributed by atoms with Gasteiger partial charge in [-0.05, 0) is 37.0 Å². The minimum atomic E-state index is -0.869. The molecule has 1 aromatic carbocycles. The van der Waals surface area contributed by atoms with Gasteiger partial charge in [-0.15, -0.1) is 0 Å². The van der Waals surface area contributed by atoms with Crippen molar-refractivity contribution in [2.75, 3.05) is 13.7 Å². The maximum absolute atomic E-state index is 11.0. The Morgan fingerprint density at radius 3 is 2.65 bits per heavy atom. The molecule has 20 heavy (non-hydrogen) atoms. The summed E-state index contributed by atoms with van der Waals surface area (Å²) in [5, 5.41) is 12.4. The summed E-state index contributed by atoms with van der Waals surface area (Å²) in [5.41, 5.74) is 2.28. The van der Waals surface area contributed by atoms with Crippen molar-refractivity contribution in [3.63, 3.8) is 0 Å². The minimum absolute atomic E-state index is 0.00392. The molecule has 0 aromatic heterocycles. The number of carboxylic acids is 1. The lowest BCUT2D eigenvalue weighted by molar-refractivity contribution is -0.00344. The molecule has 2 rings (SSSR count). The summed E-state index contributed by atoms with van der Waals surface area (Å²) in [6.07, 6.45) is 4.71. The van der Waals surface area contributed by atoms with E-state index in [1.165, 1.54) is 12.8 Å².